The fourth-order valence-corrected chi connectivity index (χ4v) is 4.92. The molecule has 4 rings (SSSR count). The monoisotopic (exact) mass is 500 g/mol. The molecule has 0 saturated carbocycles. The molecule has 1 aromatic carbocycles. The summed E-state index contributed by atoms with van der Waals surface area (Å²) in [5, 5.41) is 3.45. The van der Waals surface area contributed by atoms with Crippen LogP contribution in [0, 0.1) is 6.92 Å². The molecule has 0 unspecified atom stereocenters. The summed E-state index contributed by atoms with van der Waals surface area (Å²) in [6, 6.07) is 4.61. The second-order valence-corrected chi connectivity index (χ2v) is 12.4. The molecule has 1 amide bonds. The topological polar surface area (TPSA) is 66.5 Å². The predicted molar refractivity (Wildman–Crippen MR) is 145 cm³/mol. The van der Waals surface area contributed by atoms with Gasteiger partial charge in [-0.05, 0) is 84.1 Å². The van der Waals surface area contributed by atoms with Gasteiger partial charge in [0.2, 0.25) is 0 Å². The molecule has 3 aliphatic heterocycles. The molecule has 36 heavy (non-hydrogen) atoms. The van der Waals surface area contributed by atoms with Crippen molar-refractivity contribution in [2.24, 2.45) is 0 Å². The van der Waals surface area contributed by atoms with Crippen molar-refractivity contribution in [2.45, 2.75) is 78.7 Å². The van der Waals surface area contributed by atoms with Gasteiger partial charge in [0.1, 0.15) is 5.60 Å². The van der Waals surface area contributed by atoms with Crippen molar-refractivity contribution >= 4 is 24.4 Å². The summed E-state index contributed by atoms with van der Waals surface area (Å²) in [6.07, 6.45) is -0.220. The quantitative estimate of drug-likeness (QED) is 0.638. The van der Waals surface area contributed by atoms with Crippen LogP contribution in [0.5, 0.6) is 0 Å². The van der Waals surface area contributed by atoms with E-state index in [0.29, 0.717) is 13.1 Å². The Kier molecular flexibility index (Phi) is 7.69. The number of hydrogen-bond acceptors (Lipinski definition) is 7. The third kappa shape index (κ3) is 6.01. The summed E-state index contributed by atoms with van der Waals surface area (Å²) in [6.45, 7) is 24.1. The fourth-order valence-electron chi connectivity index (χ4n) is 4.92. The summed E-state index contributed by atoms with van der Waals surface area (Å²) in [7, 11) is -0.388. The zero-order valence-corrected chi connectivity index (χ0v) is 23.6. The molecule has 9 heteroatoms. The zero-order chi connectivity index (χ0) is 26.3. The lowest BCUT2D eigenvalue weighted by Gasteiger charge is -2.36. The van der Waals surface area contributed by atoms with E-state index in [4.69, 9.17) is 14.0 Å². The maximum absolute atomic E-state index is 12.5. The highest BCUT2D eigenvalue weighted by Crippen LogP contribution is 2.37. The number of nitrogens with one attached hydrogen (secondary N) is 1. The Hall–Kier alpha value is -1.81. The van der Waals surface area contributed by atoms with Crippen molar-refractivity contribution < 1.29 is 18.8 Å². The smallest absolute Gasteiger partial charge is 0.444 e. The number of rotatable bonds is 4. The number of benzene rings is 1. The first-order valence-corrected chi connectivity index (χ1v) is 13.4. The molecule has 3 heterocycles. The number of ether oxygens (including phenoxy) is 1. The number of piperazine rings is 2. The van der Waals surface area contributed by atoms with Gasteiger partial charge in [0, 0.05) is 64.6 Å². The van der Waals surface area contributed by atoms with Crippen LogP contribution in [0.4, 0.5) is 10.5 Å². The molecule has 0 radical (unpaired) electrons. The lowest BCUT2D eigenvalue weighted by molar-refractivity contribution is 0.00578. The Bertz CT molecular complexity index is 932. The predicted octanol–water partition coefficient (Wildman–Crippen LogP) is 2.76. The standard InChI is InChI=1S/C27H45BN4O4/c1-20-21(19-30-13-15-32(16-14-30)24(33)34-25(2,3)4)17-22(31-11-9-29-10-12-31)18-23(20)28-35-26(5,6)27(7,8)36-28/h17-18,29H,9-16,19H2,1-8H3. The molecule has 0 aliphatic carbocycles. The minimum Gasteiger partial charge on any atom is -0.444 e. The molecule has 0 atom stereocenters. The summed E-state index contributed by atoms with van der Waals surface area (Å²) >= 11 is 0. The van der Waals surface area contributed by atoms with Crippen molar-refractivity contribution in [3.05, 3.63) is 23.3 Å². The summed E-state index contributed by atoms with van der Waals surface area (Å²) in [5.41, 5.74) is 3.63. The van der Waals surface area contributed by atoms with Crippen LogP contribution in [0.3, 0.4) is 0 Å². The minimum absolute atomic E-state index is 0.220. The molecule has 3 aliphatic rings. The van der Waals surface area contributed by atoms with Crippen molar-refractivity contribution in [3.8, 4) is 0 Å². The van der Waals surface area contributed by atoms with E-state index in [1.807, 2.05) is 25.7 Å². The molecule has 0 aromatic heterocycles. The highest BCUT2D eigenvalue weighted by atomic mass is 16.7. The van der Waals surface area contributed by atoms with Gasteiger partial charge in [0.05, 0.1) is 11.2 Å². The normalized spacial score (nSPS) is 22.7. The minimum atomic E-state index is -0.473. The highest BCUT2D eigenvalue weighted by molar-refractivity contribution is 6.62. The SMILES string of the molecule is Cc1c(CN2CCN(C(=O)OC(C)(C)C)CC2)cc(N2CCNCC2)cc1B1OC(C)(C)C(C)(C)O1. The van der Waals surface area contributed by atoms with Gasteiger partial charge in [-0.1, -0.05) is 0 Å². The first-order chi connectivity index (χ1) is 16.8. The van der Waals surface area contributed by atoms with Crippen LogP contribution >= 0.6 is 0 Å². The molecule has 8 nitrogen and oxygen atoms in total. The number of carbonyl (C=O) groups excluding carboxylic acids is 1. The van der Waals surface area contributed by atoms with Crippen LogP contribution in [0.25, 0.3) is 0 Å². The first kappa shape index (κ1) is 27.2. The van der Waals surface area contributed by atoms with E-state index in [0.717, 1.165) is 51.3 Å². The average Bonchev–Trinajstić information content (AvgIpc) is 3.01. The Labute approximate surface area is 217 Å². The Morgan fingerprint density at radius 1 is 1.00 bits per heavy atom. The van der Waals surface area contributed by atoms with Crippen molar-refractivity contribution in [3.63, 3.8) is 0 Å². The Balaban J connectivity index is 1.53. The maximum Gasteiger partial charge on any atom is 0.495 e. The molecule has 1 N–H and O–H groups in total. The summed E-state index contributed by atoms with van der Waals surface area (Å²) < 4.78 is 18.5. The van der Waals surface area contributed by atoms with E-state index in [2.05, 4.69) is 61.9 Å². The van der Waals surface area contributed by atoms with Crippen LogP contribution in [-0.2, 0) is 20.6 Å². The van der Waals surface area contributed by atoms with Crippen LogP contribution < -0.4 is 15.7 Å². The molecule has 3 saturated heterocycles. The van der Waals surface area contributed by atoms with E-state index in [1.54, 1.807) is 0 Å². The number of hydrogen-bond donors (Lipinski definition) is 1. The van der Waals surface area contributed by atoms with E-state index in [9.17, 15) is 4.79 Å². The van der Waals surface area contributed by atoms with Gasteiger partial charge in [-0.15, -0.1) is 0 Å². The maximum atomic E-state index is 12.5. The van der Waals surface area contributed by atoms with E-state index < -0.39 is 5.60 Å². The van der Waals surface area contributed by atoms with Crippen molar-refractivity contribution in [1.82, 2.24) is 15.1 Å². The van der Waals surface area contributed by atoms with Gasteiger partial charge in [0.15, 0.2) is 0 Å². The van der Waals surface area contributed by atoms with E-state index >= 15 is 0 Å². The van der Waals surface area contributed by atoms with Gasteiger partial charge in [-0.3, -0.25) is 4.90 Å². The number of carbonyl (C=O) groups is 1. The molecule has 200 valence electrons. The van der Waals surface area contributed by atoms with Crippen LogP contribution in [0.2, 0.25) is 0 Å². The molecular weight excluding hydrogens is 455 g/mol. The lowest BCUT2D eigenvalue weighted by atomic mass is 9.74. The first-order valence-electron chi connectivity index (χ1n) is 13.4. The second kappa shape index (κ2) is 10.2. The number of amides is 1. The molecule has 0 spiro atoms. The van der Waals surface area contributed by atoms with E-state index in [1.165, 1.54) is 16.8 Å². The summed E-state index contributed by atoms with van der Waals surface area (Å²) in [5.74, 6) is 0. The zero-order valence-electron chi connectivity index (χ0n) is 23.6. The van der Waals surface area contributed by atoms with Gasteiger partial charge in [-0.25, -0.2) is 4.79 Å². The third-order valence-corrected chi connectivity index (χ3v) is 7.95. The van der Waals surface area contributed by atoms with Gasteiger partial charge >= 0.3 is 13.2 Å². The van der Waals surface area contributed by atoms with Crippen molar-refractivity contribution in [1.29, 1.82) is 0 Å². The lowest BCUT2D eigenvalue weighted by Crippen LogP contribution is -2.49. The largest absolute Gasteiger partial charge is 0.495 e. The molecule has 0 bridgehead atoms. The van der Waals surface area contributed by atoms with Crippen LogP contribution in [0.1, 0.15) is 59.6 Å². The van der Waals surface area contributed by atoms with Crippen LogP contribution in [0.15, 0.2) is 12.1 Å². The second-order valence-electron chi connectivity index (χ2n) is 12.4. The summed E-state index contributed by atoms with van der Waals surface area (Å²) in [4.78, 5) is 19.2. The molecular formula is C27H45BN4O4. The average molecular weight is 500 g/mol. The Morgan fingerprint density at radius 3 is 2.14 bits per heavy atom. The van der Waals surface area contributed by atoms with Gasteiger partial charge in [-0.2, -0.15) is 0 Å². The number of nitrogens with zero attached hydrogens (tertiary/aromatic N) is 3. The van der Waals surface area contributed by atoms with E-state index in [-0.39, 0.29) is 24.4 Å². The molecule has 3 fully saturated rings. The van der Waals surface area contributed by atoms with Crippen LogP contribution in [-0.4, -0.2) is 92.2 Å². The van der Waals surface area contributed by atoms with Gasteiger partial charge in [0.25, 0.3) is 0 Å². The third-order valence-electron chi connectivity index (χ3n) is 7.95. The van der Waals surface area contributed by atoms with Gasteiger partial charge < -0.3 is 29.2 Å². The number of anilines is 1. The Morgan fingerprint density at radius 2 is 1.58 bits per heavy atom. The highest BCUT2D eigenvalue weighted by Gasteiger charge is 2.52. The van der Waals surface area contributed by atoms with Crippen molar-refractivity contribution in [2.75, 3.05) is 57.3 Å². The molecule has 1 aromatic rings. The fraction of sp³-hybridized carbons (Fsp3) is 0.741.